The van der Waals surface area contributed by atoms with Gasteiger partial charge < -0.3 is 11.1 Å². The van der Waals surface area contributed by atoms with Crippen LogP contribution in [0.15, 0.2) is 29.3 Å². The number of halogens is 2. The van der Waals surface area contributed by atoms with Crippen LogP contribution in [0.5, 0.6) is 0 Å². The van der Waals surface area contributed by atoms with E-state index in [9.17, 15) is 9.18 Å². The van der Waals surface area contributed by atoms with Gasteiger partial charge in [0.1, 0.15) is 11.5 Å². The highest BCUT2D eigenvalue weighted by molar-refractivity contribution is 8.13. The number of nitrogens with one attached hydrogen (secondary N) is 1. The van der Waals surface area contributed by atoms with Gasteiger partial charge in [-0.3, -0.25) is 14.5 Å². The van der Waals surface area contributed by atoms with Crippen molar-refractivity contribution < 1.29 is 9.18 Å². The molecule has 0 saturated heterocycles. The van der Waals surface area contributed by atoms with E-state index < -0.39 is 5.54 Å². The first-order chi connectivity index (χ1) is 11.8. The van der Waals surface area contributed by atoms with E-state index in [1.807, 2.05) is 6.92 Å². The third-order valence-corrected chi connectivity index (χ3v) is 5.06. The summed E-state index contributed by atoms with van der Waals surface area (Å²) >= 11 is 7.25. The summed E-state index contributed by atoms with van der Waals surface area (Å²) in [6.45, 7) is 1.84. The molecule has 0 spiro atoms. The maximum atomic E-state index is 14.4. The Kier molecular flexibility index (Phi) is 4.75. The Bertz CT molecular complexity index is 868. The summed E-state index contributed by atoms with van der Waals surface area (Å²) in [7, 11) is 1.62. The van der Waals surface area contributed by atoms with Crippen LogP contribution < -0.4 is 11.1 Å². The number of nitrogens with two attached hydrogens (primary N) is 1. The molecule has 1 atom stereocenters. The summed E-state index contributed by atoms with van der Waals surface area (Å²) in [6.07, 6.45) is 0.657. The lowest BCUT2D eigenvalue weighted by Crippen LogP contribution is -2.30. The number of amides is 1. The number of aryl methyl sites for hydroxylation is 1. The number of anilines is 1. The van der Waals surface area contributed by atoms with Crippen LogP contribution in [0.4, 0.5) is 10.1 Å². The molecule has 1 aliphatic rings. The average molecular weight is 382 g/mol. The van der Waals surface area contributed by atoms with Gasteiger partial charge >= 0.3 is 0 Å². The van der Waals surface area contributed by atoms with Gasteiger partial charge in [-0.05, 0) is 31.5 Å². The SMILES string of the molecule is Cn1nc(Cl)cc1C(=O)Nc1ccc(F)c([C@]2(C)CCSC(N)=N2)c1. The first-order valence-corrected chi connectivity index (χ1v) is 8.94. The number of thioether (sulfide) groups is 1. The summed E-state index contributed by atoms with van der Waals surface area (Å²) in [4.78, 5) is 16.8. The summed E-state index contributed by atoms with van der Waals surface area (Å²) in [6, 6.07) is 5.88. The van der Waals surface area contributed by atoms with Crippen LogP contribution in [0.1, 0.15) is 29.4 Å². The minimum absolute atomic E-state index is 0.226. The molecule has 132 valence electrons. The minimum atomic E-state index is -0.754. The molecular formula is C16H17ClFN5OS. The van der Waals surface area contributed by atoms with Gasteiger partial charge in [-0.1, -0.05) is 23.4 Å². The van der Waals surface area contributed by atoms with E-state index >= 15 is 0 Å². The third-order valence-electron chi connectivity index (χ3n) is 4.08. The number of hydrogen-bond acceptors (Lipinski definition) is 5. The zero-order valence-corrected chi connectivity index (χ0v) is 15.3. The highest BCUT2D eigenvalue weighted by Crippen LogP contribution is 2.37. The van der Waals surface area contributed by atoms with Crippen molar-refractivity contribution >= 4 is 40.1 Å². The number of aliphatic imine (C=N–C) groups is 1. The van der Waals surface area contributed by atoms with Crippen LogP contribution in [0.3, 0.4) is 0 Å². The van der Waals surface area contributed by atoms with E-state index in [-0.39, 0.29) is 16.9 Å². The first kappa shape index (κ1) is 17.8. The molecule has 0 radical (unpaired) electrons. The van der Waals surface area contributed by atoms with Crippen molar-refractivity contribution in [3.8, 4) is 0 Å². The van der Waals surface area contributed by atoms with Crippen LogP contribution in [0.25, 0.3) is 0 Å². The zero-order chi connectivity index (χ0) is 18.2. The number of carbonyl (C=O) groups is 1. The van der Waals surface area contributed by atoms with E-state index in [0.717, 1.165) is 5.75 Å². The van der Waals surface area contributed by atoms with Crippen LogP contribution in [-0.2, 0) is 12.6 Å². The van der Waals surface area contributed by atoms with Crippen molar-refractivity contribution in [1.82, 2.24) is 9.78 Å². The van der Waals surface area contributed by atoms with Crippen molar-refractivity contribution in [3.05, 3.63) is 46.5 Å². The maximum absolute atomic E-state index is 14.4. The van der Waals surface area contributed by atoms with Gasteiger partial charge in [0, 0.05) is 30.1 Å². The molecule has 9 heteroatoms. The monoisotopic (exact) mass is 381 g/mol. The molecule has 3 rings (SSSR count). The Labute approximate surface area is 153 Å². The smallest absolute Gasteiger partial charge is 0.273 e. The van der Waals surface area contributed by atoms with Crippen molar-refractivity contribution in [1.29, 1.82) is 0 Å². The Morgan fingerprint density at radius 2 is 2.24 bits per heavy atom. The van der Waals surface area contributed by atoms with Crippen molar-refractivity contribution in [3.63, 3.8) is 0 Å². The molecule has 1 aromatic carbocycles. The van der Waals surface area contributed by atoms with Gasteiger partial charge in [-0.2, -0.15) is 5.10 Å². The molecule has 0 aliphatic carbocycles. The number of hydrogen-bond donors (Lipinski definition) is 2. The van der Waals surface area contributed by atoms with Gasteiger partial charge in [0.05, 0.1) is 5.54 Å². The van der Waals surface area contributed by atoms with Gasteiger partial charge in [-0.15, -0.1) is 0 Å². The van der Waals surface area contributed by atoms with Crippen LogP contribution in [-0.4, -0.2) is 26.6 Å². The van der Waals surface area contributed by atoms with E-state index in [4.69, 9.17) is 17.3 Å². The average Bonchev–Trinajstić information content (AvgIpc) is 2.87. The second-order valence-corrected chi connectivity index (χ2v) is 7.45. The molecule has 2 aromatic rings. The predicted molar refractivity (Wildman–Crippen MR) is 98.6 cm³/mol. The second-order valence-electron chi connectivity index (χ2n) is 5.95. The Hall–Kier alpha value is -2.06. The standard InChI is InChI=1S/C16H17ClFN5OS/c1-16(5-6-25-15(19)21-16)10-7-9(3-4-11(10)18)20-14(24)12-8-13(17)22-23(12)2/h3-4,7-8H,5-6H2,1-2H3,(H2,19,21)(H,20,24)/t16-/m0/s1. The van der Waals surface area contributed by atoms with Gasteiger partial charge in [-0.25, -0.2) is 4.39 Å². The molecule has 2 heterocycles. The second kappa shape index (κ2) is 6.68. The van der Waals surface area contributed by atoms with E-state index in [2.05, 4.69) is 15.4 Å². The Morgan fingerprint density at radius 3 is 2.88 bits per heavy atom. The normalized spacial score (nSPS) is 20.2. The number of amidine groups is 1. The highest BCUT2D eigenvalue weighted by atomic mass is 35.5. The quantitative estimate of drug-likeness (QED) is 0.855. The van der Waals surface area contributed by atoms with Crippen molar-refractivity contribution in [2.75, 3.05) is 11.1 Å². The van der Waals surface area contributed by atoms with Gasteiger partial charge in [0.2, 0.25) is 0 Å². The lowest BCUT2D eigenvalue weighted by atomic mass is 9.89. The molecule has 0 fully saturated rings. The van der Waals surface area contributed by atoms with E-state index in [0.29, 0.717) is 28.5 Å². The molecule has 0 unspecified atom stereocenters. The third kappa shape index (κ3) is 3.64. The molecule has 1 aromatic heterocycles. The number of aromatic nitrogens is 2. The summed E-state index contributed by atoms with van der Waals surface area (Å²) in [5.41, 5.74) is 6.22. The lowest BCUT2D eigenvalue weighted by molar-refractivity contribution is 0.101. The fraction of sp³-hybridized carbons (Fsp3) is 0.312. The molecular weight excluding hydrogens is 365 g/mol. The zero-order valence-electron chi connectivity index (χ0n) is 13.7. The summed E-state index contributed by atoms with van der Waals surface area (Å²) in [5, 5.41) is 7.33. The number of rotatable bonds is 3. The van der Waals surface area contributed by atoms with E-state index in [1.165, 1.54) is 34.6 Å². The number of nitrogens with zero attached hydrogens (tertiary/aromatic N) is 3. The van der Waals surface area contributed by atoms with Gasteiger partial charge in [0.15, 0.2) is 10.3 Å². The number of carbonyl (C=O) groups excluding carboxylic acids is 1. The largest absolute Gasteiger partial charge is 0.379 e. The van der Waals surface area contributed by atoms with Crippen molar-refractivity contribution in [2.24, 2.45) is 17.8 Å². The molecule has 1 aliphatic heterocycles. The minimum Gasteiger partial charge on any atom is -0.379 e. The predicted octanol–water partition coefficient (Wildman–Crippen LogP) is 3.13. The molecule has 6 nitrogen and oxygen atoms in total. The van der Waals surface area contributed by atoms with Crippen LogP contribution in [0, 0.1) is 5.82 Å². The Morgan fingerprint density at radius 1 is 1.48 bits per heavy atom. The highest BCUT2D eigenvalue weighted by Gasteiger charge is 2.32. The van der Waals surface area contributed by atoms with E-state index in [1.54, 1.807) is 13.1 Å². The fourth-order valence-corrected chi connectivity index (χ4v) is 3.93. The molecule has 1 amide bonds. The van der Waals surface area contributed by atoms with Gasteiger partial charge in [0.25, 0.3) is 5.91 Å². The lowest BCUT2D eigenvalue weighted by Gasteiger charge is -2.30. The van der Waals surface area contributed by atoms with Crippen LogP contribution in [0.2, 0.25) is 5.15 Å². The number of benzene rings is 1. The van der Waals surface area contributed by atoms with Crippen LogP contribution >= 0.6 is 23.4 Å². The van der Waals surface area contributed by atoms with Crippen molar-refractivity contribution in [2.45, 2.75) is 18.9 Å². The fourth-order valence-electron chi connectivity index (χ4n) is 2.74. The maximum Gasteiger partial charge on any atom is 0.273 e. The molecule has 0 saturated carbocycles. The summed E-state index contributed by atoms with van der Waals surface area (Å²) < 4.78 is 15.8. The Balaban J connectivity index is 1.91. The molecule has 0 bridgehead atoms. The first-order valence-electron chi connectivity index (χ1n) is 7.57. The topological polar surface area (TPSA) is 85.3 Å². The summed E-state index contributed by atoms with van der Waals surface area (Å²) in [5.74, 6) is -0.00518. The molecule has 3 N–H and O–H groups in total. The molecule has 25 heavy (non-hydrogen) atoms.